The zero-order valence-corrected chi connectivity index (χ0v) is 15.4. The van der Waals surface area contributed by atoms with Gasteiger partial charge in [0.1, 0.15) is 0 Å². The van der Waals surface area contributed by atoms with Crippen LogP contribution in [-0.4, -0.2) is 34.9 Å². The summed E-state index contributed by atoms with van der Waals surface area (Å²) in [6.07, 6.45) is 3.48. The Morgan fingerprint density at radius 1 is 1.08 bits per heavy atom. The number of carbonyl (C=O) groups is 1. The Balaban J connectivity index is 1.65. The van der Waals surface area contributed by atoms with Crippen molar-refractivity contribution in [2.24, 2.45) is 39.9 Å². The van der Waals surface area contributed by atoms with Crippen LogP contribution in [0.1, 0.15) is 59.3 Å². The van der Waals surface area contributed by atoms with Gasteiger partial charge in [0.05, 0.1) is 17.4 Å². The molecule has 5 heteroatoms. The van der Waals surface area contributed by atoms with Gasteiger partial charge in [-0.3, -0.25) is 4.79 Å². The Morgan fingerprint density at radius 2 is 1.84 bits per heavy atom. The van der Waals surface area contributed by atoms with Crippen LogP contribution in [0.4, 0.5) is 0 Å². The SMILES string of the molecule is CC1(C)CCC[C@@]2(C)C1C[C@@H](O)[C@@]13C2CC[C@H]2C(=O)O[C@@H](O[C@H]1O)[C@H]23. The van der Waals surface area contributed by atoms with Crippen LogP contribution in [0.3, 0.4) is 0 Å². The van der Waals surface area contributed by atoms with Crippen molar-refractivity contribution in [2.45, 2.75) is 78.0 Å². The van der Waals surface area contributed by atoms with Gasteiger partial charge in [-0.05, 0) is 54.8 Å². The number of hydrogen-bond donors (Lipinski definition) is 2. The van der Waals surface area contributed by atoms with E-state index in [0.29, 0.717) is 12.3 Å². The van der Waals surface area contributed by atoms with Crippen molar-refractivity contribution in [3.63, 3.8) is 0 Å². The molecule has 2 saturated heterocycles. The molecule has 0 aromatic heterocycles. The third-order valence-corrected chi connectivity index (χ3v) is 9.01. The number of rotatable bonds is 0. The highest BCUT2D eigenvalue weighted by molar-refractivity contribution is 5.75. The number of esters is 1. The van der Waals surface area contributed by atoms with Crippen LogP contribution >= 0.6 is 0 Å². The van der Waals surface area contributed by atoms with E-state index in [9.17, 15) is 15.0 Å². The molecule has 140 valence electrons. The molecule has 25 heavy (non-hydrogen) atoms. The molecule has 2 N–H and O–H groups in total. The first kappa shape index (κ1) is 16.5. The highest BCUT2D eigenvalue weighted by Crippen LogP contribution is 2.73. The molecule has 0 bridgehead atoms. The number of aliphatic hydroxyl groups is 2. The maximum absolute atomic E-state index is 12.3. The normalized spacial score (nSPS) is 58.9. The molecule has 3 saturated carbocycles. The van der Waals surface area contributed by atoms with E-state index in [1.54, 1.807) is 0 Å². The van der Waals surface area contributed by atoms with Gasteiger partial charge in [0, 0.05) is 5.92 Å². The van der Waals surface area contributed by atoms with Gasteiger partial charge in [-0.2, -0.15) is 0 Å². The third-order valence-electron chi connectivity index (χ3n) is 9.01. The molecule has 5 nitrogen and oxygen atoms in total. The minimum atomic E-state index is -1.04. The molecule has 2 heterocycles. The van der Waals surface area contributed by atoms with Gasteiger partial charge in [0.25, 0.3) is 0 Å². The summed E-state index contributed by atoms with van der Waals surface area (Å²) in [5.74, 6) is -0.0381. The molecule has 9 atom stereocenters. The van der Waals surface area contributed by atoms with Crippen molar-refractivity contribution in [1.82, 2.24) is 0 Å². The summed E-state index contributed by atoms with van der Waals surface area (Å²) in [4.78, 5) is 12.3. The lowest BCUT2D eigenvalue weighted by molar-refractivity contribution is -0.275. The predicted octanol–water partition coefficient (Wildman–Crippen LogP) is 2.44. The van der Waals surface area contributed by atoms with E-state index in [4.69, 9.17) is 9.47 Å². The number of ether oxygens (including phenoxy) is 2. The molecule has 0 aromatic carbocycles. The van der Waals surface area contributed by atoms with Crippen molar-refractivity contribution < 1.29 is 24.5 Å². The Morgan fingerprint density at radius 3 is 2.60 bits per heavy atom. The number of hydrogen-bond acceptors (Lipinski definition) is 5. The number of aliphatic hydroxyl groups excluding tert-OH is 2. The molecular weight excluding hydrogens is 320 g/mol. The van der Waals surface area contributed by atoms with Crippen molar-refractivity contribution >= 4 is 5.97 Å². The fourth-order valence-corrected chi connectivity index (χ4v) is 8.13. The van der Waals surface area contributed by atoms with E-state index < -0.39 is 24.1 Å². The van der Waals surface area contributed by atoms with Crippen molar-refractivity contribution in [1.29, 1.82) is 0 Å². The summed E-state index contributed by atoms with van der Waals surface area (Å²) in [5.41, 5.74) is -0.493. The third kappa shape index (κ3) is 1.73. The van der Waals surface area contributed by atoms with E-state index in [0.717, 1.165) is 19.3 Å². The molecule has 1 spiro atoms. The molecule has 5 rings (SSSR count). The average molecular weight is 350 g/mol. The highest BCUT2D eigenvalue weighted by atomic mass is 16.8. The summed E-state index contributed by atoms with van der Waals surface area (Å²) >= 11 is 0. The van der Waals surface area contributed by atoms with E-state index in [2.05, 4.69) is 20.8 Å². The standard InChI is InChI=1S/C20H30O5/c1-18(2)7-4-8-19(3)11-6-5-10-14-16(24-15(10)22)25-17(23)20(11,14)13(21)9-12(18)19/h10-14,16-17,21,23H,4-9H2,1-3H3/t10-,11?,12?,13-,14+,16+,17-,19-,20-/m1/s1. The summed E-state index contributed by atoms with van der Waals surface area (Å²) in [6, 6.07) is 0. The van der Waals surface area contributed by atoms with Gasteiger partial charge in [0.15, 0.2) is 6.29 Å². The van der Waals surface area contributed by atoms with Crippen molar-refractivity contribution in [2.75, 3.05) is 0 Å². The number of carbonyl (C=O) groups excluding carboxylic acids is 1. The molecule has 2 aliphatic heterocycles. The van der Waals surface area contributed by atoms with Gasteiger partial charge < -0.3 is 19.7 Å². The summed E-state index contributed by atoms with van der Waals surface area (Å²) in [5, 5.41) is 22.3. The Hall–Kier alpha value is -0.650. The molecule has 5 aliphatic rings. The second-order valence-corrected chi connectivity index (χ2v) is 10.2. The highest BCUT2D eigenvalue weighted by Gasteiger charge is 2.77. The van der Waals surface area contributed by atoms with Crippen LogP contribution in [-0.2, 0) is 14.3 Å². The fraction of sp³-hybridized carbons (Fsp3) is 0.950. The van der Waals surface area contributed by atoms with Crippen LogP contribution in [0, 0.1) is 39.9 Å². The predicted molar refractivity (Wildman–Crippen MR) is 89.0 cm³/mol. The van der Waals surface area contributed by atoms with E-state index in [1.807, 2.05) is 0 Å². The fourth-order valence-electron chi connectivity index (χ4n) is 8.13. The van der Waals surface area contributed by atoms with Gasteiger partial charge in [0.2, 0.25) is 6.29 Å². The van der Waals surface area contributed by atoms with E-state index in [1.165, 1.54) is 12.8 Å². The largest absolute Gasteiger partial charge is 0.435 e. The second-order valence-electron chi connectivity index (χ2n) is 10.2. The van der Waals surface area contributed by atoms with Crippen LogP contribution in [0.15, 0.2) is 0 Å². The molecule has 0 amide bonds. The Kier molecular flexibility index (Phi) is 3.16. The Labute approximate surface area is 149 Å². The average Bonchev–Trinajstić information content (AvgIpc) is 3.00. The van der Waals surface area contributed by atoms with Crippen molar-refractivity contribution in [3.05, 3.63) is 0 Å². The lowest BCUT2D eigenvalue weighted by atomic mass is 9.38. The first-order chi connectivity index (χ1) is 11.7. The lowest BCUT2D eigenvalue weighted by Crippen LogP contribution is -2.67. The van der Waals surface area contributed by atoms with Gasteiger partial charge in [-0.25, -0.2) is 0 Å². The van der Waals surface area contributed by atoms with E-state index in [-0.39, 0.29) is 34.6 Å². The van der Waals surface area contributed by atoms with Crippen LogP contribution < -0.4 is 0 Å². The minimum absolute atomic E-state index is 0.0663. The van der Waals surface area contributed by atoms with E-state index >= 15 is 0 Å². The zero-order valence-electron chi connectivity index (χ0n) is 15.4. The first-order valence-corrected chi connectivity index (χ1v) is 9.95. The molecule has 2 unspecified atom stereocenters. The number of fused-ring (bicyclic) bond motifs is 2. The van der Waals surface area contributed by atoms with Gasteiger partial charge >= 0.3 is 5.97 Å². The molecule has 3 aliphatic carbocycles. The van der Waals surface area contributed by atoms with Crippen molar-refractivity contribution in [3.8, 4) is 0 Å². The van der Waals surface area contributed by atoms with Crippen LogP contribution in [0.5, 0.6) is 0 Å². The Bertz CT molecular complexity index is 617. The lowest BCUT2D eigenvalue weighted by Gasteiger charge is -2.66. The smallest absolute Gasteiger partial charge is 0.311 e. The topological polar surface area (TPSA) is 76.0 Å². The molecule has 5 fully saturated rings. The molecular formula is C20H30O5. The summed E-state index contributed by atoms with van der Waals surface area (Å²) in [7, 11) is 0. The quantitative estimate of drug-likeness (QED) is 0.656. The molecule has 0 aromatic rings. The summed E-state index contributed by atoms with van der Waals surface area (Å²) in [6.45, 7) is 7.03. The van der Waals surface area contributed by atoms with Crippen LogP contribution in [0.25, 0.3) is 0 Å². The minimum Gasteiger partial charge on any atom is -0.435 e. The second kappa shape index (κ2) is 4.79. The van der Waals surface area contributed by atoms with Gasteiger partial charge in [-0.1, -0.05) is 27.2 Å². The first-order valence-electron chi connectivity index (χ1n) is 9.95. The van der Waals surface area contributed by atoms with Crippen LogP contribution in [0.2, 0.25) is 0 Å². The molecule has 0 radical (unpaired) electrons. The van der Waals surface area contributed by atoms with Gasteiger partial charge in [-0.15, -0.1) is 0 Å². The summed E-state index contributed by atoms with van der Waals surface area (Å²) < 4.78 is 11.2. The monoisotopic (exact) mass is 350 g/mol. The zero-order chi connectivity index (χ0) is 17.8. The maximum atomic E-state index is 12.3. The maximum Gasteiger partial charge on any atom is 0.311 e.